The number of rotatable bonds is 5. The zero-order valence-corrected chi connectivity index (χ0v) is 9.54. The second-order valence-electron chi connectivity index (χ2n) is 4.79. The summed E-state index contributed by atoms with van der Waals surface area (Å²) in [6, 6.07) is 0. The maximum atomic E-state index is 11.3. The van der Waals surface area contributed by atoms with Gasteiger partial charge in [0.05, 0.1) is 11.5 Å². The topological polar surface area (TPSA) is 57.5 Å². The minimum Gasteiger partial charge on any atom is -0.481 e. The minimum absolute atomic E-state index is 0.441. The first-order chi connectivity index (χ1) is 7.10. The SMILES string of the molecule is CCCC(O)CC1(C(=O)O)CCCCC1. The first-order valence-electron chi connectivity index (χ1n) is 6.02. The number of hydrogen-bond acceptors (Lipinski definition) is 2. The Morgan fingerprint density at radius 2 is 1.93 bits per heavy atom. The Kier molecular flexibility index (Phi) is 4.58. The molecule has 0 amide bonds. The number of carboxylic acid groups (broad SMARTS) is 1. The largest absolute Gasteiger partial charge is 0.481 e. The van der Waals surface area contributed by atoms with E-state index in [-0.39, 0.29) is 0 Å². The van der Waals surface area contributed by atoms with Gasteiger partial charge in [-0.05, 0) is 25.7 Å². The van der Waals surface area contributed by atoms with E-state index in [1.54, 1.807) is 0 Å². The Morgan fingerprint density at radius 3 is 2.40 bits per heavy atom. The van der Waals surface area contributed by atoms with E-state index in [2.05, 4.69) is 0 Å². The molecule has 88 valence electrons. The van der Waals surface area contributed by atoms with E-state index in [1.807, 2.05) is 6.92 Å². The van der Waals surface area contributed by atoms with Crippen molar-refractivity contribution in [1.29, 1.82) is 0 Å². The van der Waals surface area contributed by atoms with E-state index in [0.717, 1.165) is 44.9 Å². The highest BCUT2D eigenvalue weighted by atomic mass is 16.4. The summed E-state index contributed by atoms with van der Waals surface area (Å²) in [6.07, 6.45) is 6.23. The van der Waals surface area contributed by atoms with Crippen LogP contribution in [0.2, 0.25) is 0 Å². The van der Waals surface area contributed by atoms with Crippen molar-refractivity contribution in [1.82, 2.24) is 0 Å². The molecular weight excluding hydrogens is 192 g/mol. The lowest BCUT2D eigenvalue weighted by atomic mass is 9.70. The average Bonchev–Trinajstić information content (AvgIpc) is 2.19. The lowest BCUT2D eigenvalue weighted by Crippen LogP contribution is -2.36. The van der Waals surface area contributed by atoms with Crippen LogP contribution in [0.25, 0.3) is 0 Å². The maximum absolute atomic E-state index is 11.3. The molecular formula is C12H22O3. The predicted molar refractivity (Wildman–Crippen MR) is 58.7 cm³/mol. The van der Waals surface area contributed by atoms with Gasteiger partial charge in [0, 0.05) is 0 Å². The fourth-order valence-corrected chi connectivity index (χ4v) is 2.62. The van der Waals surface area contributed by atoms with E-state index in [1.165, 1.54) is 0 Å². The van der Waals surface area contributed by atoms with Gasteiger partial charge in [-0.1, -0.05) is 32.6 Å². The summed E-state index contributed by atoms with van der Waals surface area (Å²) in [5.41, 5.74) is -0.632. The van der Waals surface area contributed by atoms with Crippen LogP contribution >= 0.6 is 0 Å². The molecule has 1 unspecified atom stereocenters. The van der Waals surface area contributed by atoms with E-state index in [4.69, 9.17) is 0 Å². The van der Waals surface area contributed by atoms with Crippen LogP contribution in [0.1, 0.15) is 58.3 Å². The van der Waals surface area contributed by atoms with Gasteiger partial charge in [-0.15, -0.1) is 0 Å². The zero-order chi connectivity index (χ0) is 11.3. The molecule has 0 heterocycles. The Morgan fingerprint density at radius 1 is 1.33 bits per heavy atom. The van der Waals surface area contributed by atoms with E-state index in [0.29, 0.717) is 6.42 Å². The third kappa shape index (κ3) is 3.20. The summed E-state index contributed by atoms with van der Waals surface area (Å²) < 4.78 is 0. The van der Waals surface area contributed by atoms with Crippen molar-refractivity contribution in [3.8, 4) is 0 Å². The molecule has 0 saturated heterocycles. The Hall–Kier alpha value is -0.570. The predicted octanol–water partition coefficient (Wildman–Crippen LogP) is 2.57. The van der Waals surface area contributed by atoms with Crippen LogP contribution in [-0.2, 0) is 4.79 Å². The molecule has 1 aliphatic carbocycles. The standard InChI is InChI=1S/C12H22O3/c1-2-6-10(13)9-12(11(14)15)7-4-3-5-8-12/h10,13H,2-9H2,1H3,(H,14,15). The van der Waals surface area contributed by atoms with Crippen molar-refractivity contribution >= 4 is 5.97 Å². The fourth-order valence-electron chi connectivity index (χ4n) is 2.62. The van der Waals surface area contributed by atoms with Gasteiger partial charge in [-0.2, -0.15) is 0 Å². The van der Waals surface area contributed by atoms with Crippen LogP contribution < -0.4 is 0 Å². The van der Waals surface area contributed by atoms with Gasteiger partial charge in [0.1, 0.15) is 0 Å². The van der Waals surface area contributed by atoms with Gasteiger partial charge in [0.2, 0.25) is 0 Å². The molecule has 1 aliphatic rings. The van der Waals surface area contributed by atoms with Gasteiger partial charge in [-0.25, -0.2) is 0 Å². The molecule has 0 aromatic heterocycles. The fraction of sp³-hybridized carbons (Fsp3) is 0.917. The molecule has 2 N–H and O–H groups in total. The van der Waals surface area contributed by atoms with Crippen LogP contribution in [0.15, 0.2) is 0 Å². The van der Waals surface area contributed by atoms with Crippen molar-refractivity contribution in [2.75, 3.05) is 0 Å². The summed E-state index contributed by atoms with van der Waals surface area (Å²) in [5, 5.41) is 19.0. The van der Waals surface area contributed by atoms with Crippen LogP contribution in [0.3, 0.4) is 0 Å². The molecule has 0 bridgehead atoms. The number of hydrogen-bond donors (Lipinski definition) is 2. The summed E-state index contributed by atoms with van der Waals surface area (Å²) in [7, 11) is 0. The lowest BCUT2D eigenvalue weighted by Gasteiger charge is -2.34. The summed E-state index contributed by atoms with van der Waals surface area (Å²) in [6.45, 7) is 2.01. The van der Waals surface area contributed by atoms with Crippen molar-refractivity contribution in [3.63, 3.8) is 0 Å². The van der Waals surface area contributed by atoms with Gasteiger partial charge < -0.3 is 10.2 Å². The van der Waals surface area contributed by atoms with Crippen molar-refractivity contribution in [2.24, 2.45) is 5.41 Å². The quantitative estimate of drug-likeness (QED) is 0.739. The van der Waals surface area contributed by atoms with Gasteiger partial charge in [-0.3, -0.25) is 4.79 Å². The molecule has 0 aromatic carbocycles. The van der Waals surface area contributed by atoms with Gasteiger partial charge in [0.25, 0.3) is 0 Å². The highest BCUT2D eigenvalue weighted by Gasteiger charge is 2.40. The Labute approximate surface area is 91.5 Å². The summed E-state index contributed by atoms with van der Waals surface area (Å²) in [4.78, 5) is 11.3. The van der Waals surface area contributed by atoms with Gasteiger partial charge in [0.15, 0.2) is 0 Å². The monoisotopic (exact) mass is 214 g/mol. The second kappa shape index (κ2) is 5.50. The second-order valence-corrected chi connectivity index (χ2v) is 4.79. The molecule has 1 fully saturated rings. The van der Waals surface area contributed by atoms with Gasteiger partial charge >= 0.3 is 5.97 Å². The third-order valence-corrected chi connectivity index (χ3v) is 3.51. The first-order valence-corrected chi connectivity index (χ1v) is 6.02. The number of aliphatic hydroxyl groups is 1. The number of carbonyl (C=O) groups is 1. The Bertz CT molecular complexity index is 207. The smallest absolute Gasteiger partial charge is 0.309 e. The lowest BCUT2D eigenvalue weighted by molar-refractivity contribution is -0.153. The highest BCUT2D eigenvalue weighted by Crippen LogP contribution is 2.40. The minimum atomic E-state index is -0.711. The molecule has 1 rings (SSSR count). The van der Waals surface area contributed by atoms with Crippen molar-refractivity contribution in [2.45, 2.75) is 64.4 Å². The molecule has 0 spiro atoms. The number of carboxylic acids is 1. The van der Waals surface area contributed by atoms with Crippen LogP contribution in [0.4, 0.5) is 0 Å². The van der Waals surface area contributed by atoms with Crippen molar-refractivity contribution < 1.29 is 15.0 Å². The molecule has 0 radical (unpaired) electrons. The zero-order valence-electron chi connectivity index (χ0n) is 9.54. The molecule has 1 atom stereocenters. The molecule has 1 saturated carbocycles. The van der Waals surface area contributed by atoms with Crippen LogP contribution in [0.5, 0.6) is 0 Å². The summed E-state index contributed by atoms with van der Waals surface area (Å²) >= 11 is 0. The van der Waals surface area contributed by atoms with E-state index < -0.39 is 17.5 Å². The highest BCUT2D eigenvalue weighted by molar-refractivity contribution is 5.74. The molecule has 0 aromatic rings. The molecule has 3 heteroatoms. The first kappa shape index (κ1) is 12.5. The van der Waals surface area contributed by atoms with E-state index >= 15 is 0 Å². The van der Waals surface area contributed by atoms with Crippen LogP contribution in [0, 0.1) is 5.41 Å². The summed E-state index contributed by atoms with van der Waals surface area (Å²) in [5.74, 6) is -0.711. The molecule has 0 aliphatic heterocycles. The molecule has 3 nitrogen and oxygen atoms in total. The average molecular weight is 214 g/mol. The van der Waals surface area contributed by atoms with Crippen molar-refractivity contribution in [3.05, 3.63) is 0 Å². The maximum Gasteiger partial charge on any atom is 0.309 e. The van der Waals surface area contributed by atoms with E-state index in [9.17, 15) is 15.0 Å². The number of aliphatic hydroxyl groups excluding tert-OH is 1. The van der Waals surface area contributed by atoms with Crippen LogP contribution in [-0.4, -0.2) is 22.3 Å². The third-order valence-electron chi connectivity index (χ3n) is 3.51. The number of aliphatic carboxylic acids is 1. The normalized spacial score (nSPS) is 22.3. The Balaban J connectivity index is 2.60. The molecule has 15 heavy (non-hydrogen) atoms.